The van der Waals surface area contributed by atoms with Crippen molar-refractivity contribution in [2.45, 2.75) is 83.0 Å². The summed E-state index contributed by atoms with van der Waals surface area (Å²) in [6, 6.07) is 13.7. The van der Waals surface area contributed by atoms with Gasteiger partial charge in [-0.25, -0.2) is 4.79 Å². The van der Waals surface area contributed by atoms with Crippen LogP contribution in [0.25, 0.3) is 11.0 Å². The van der Waals surface area contributed by atoms with Crippen LogP contribution in [0.1, 0.15) is 73.7 Å². The molecule has 0 unspecified atom stereocenters. The molecule has 1 amide bonds. The van der Waals surface area contributed by atoms with Gasteiger partial charge in [-0.2, -0.15) is 0 Å². The van der Waals surface area contributed by atoms with Crippen LogP contribution in [0, 0.1) is 12.8 Å². The summed E-state index contributed by atoms with van der Waals surface area (Å²) in [5.41, 5.74) is 3.23. The fourth-order valence-electron chi connectivity index (χ4n) is 7.06. The predicted octanol–water partition coefficient (Wildman–Crippen LogP) is 5.25. The number of amides is 1. The number of hydrogen-bond donors (Lipinski definition) is 1. The topological polar surface area (TPSA) is 80.0 Å². The maximum absolute atomic E-state index is 14.0. The number of fused-ring (bicyclic) bond motifs is 4. The smallest absolute Gasteiger partial charge is 0.339 e. The van der Waals surface area contributed by atoms with Crippen LogP contribution in [0.4, 0.5) is 0 Å². The number of carbonyl (C=O) groups is 1. The third-order valence-corrected chi connectivity index (χ3v) is 8.82. The van der Waals surface area contributed by atoms with Gasteiger partial charge in [0.05, 0.1) is 17.0 Å². The first kappa shape index (κ1) is 24.2. The Bertz CT molecular complexity index is 1400. The fraction of sp³-hybridized carbons (Fsp3) is 0.484. The maximum atomic E-state index is 14.0. The summed E-state index contributed by atoms with van der Waals surface area (Å²) in [7, 11) is 0. The first-order chi connectivity index (χ1) is 17.9. The Hall–Kier alpha value is -3.12. The molecule has 6 rings (SSSR count). The Labute approximate surface area is 217 Å². The van der Waals surface area contributed by atoms with Gasteiger partial charge in [0.1, 0.15) is 11.3 Å². The zero-order chi connectivity index (χ0) is 25.7. The third-order valence-electron chi connectivity index (χ3n) is 8.82. The number of carbonyl (C=O) groups excluding carboxylic acids is 1. The Morgan fingerprint density at radius 3 is 2.70 bits per heavy atom. The van der Waals surface area contributed by atoms with Gasteiger partial charge in [-0.1, -0.05) is 43.2 Å². The molecule has 4 atom stereocenters. The van der Waals surface area contributed by atoms with E-state index in [4.69, 9.17) is 9.15 Å². The van der Waals surface area contributed by atoms with Crippen molar-refractivity contribution >= 4 is 16.9 Å². The number of hydrogen-bond acceptors (Lipinski definition) is 5. The molecule has 1 aliphatic heterocycles. The standard InChI is InChI=1S/C31H35NO5/c1-19-17-25(27-22-11-8-12-23(22)30(34)37-26(27)18-19)36-20(2)29(33)32-16-15-31(35)14-7-6-13-24(31)28(32)21-9-4-3-5-10-21/h3-5,9-10,17-18,20,24,28,35H,6-8,11-16H2,1-2H3/t20-,24+,28+,31+/m1/s1. The minimum atomic E-state index is -0.732. The highest BCUT2D eigenvalue weighted by Crippen LogP contribution is 2.49. The second-order valence-electron chi connectivity index (χ2n) is 11.2. The van der Waals surface area contributed by atoms with Gasteiger partial charge in [0.15, 0.2) is 6.10 Å². The lowest BCUT2D eigenvalue weighted by atomic mass is 9.66. The van der Waals surface area contributed by atoms with Gasteiger partial charge < -0.3 is 19.2 Å². The molecule has 2 heterocycles. The van der Waals surface area contributed by atoms with Crippen molar-refractivity contribution in [3.63, 3.8) is 0 Å². The van der Waals surface area contributed by atoms with Gasteiger partial charge >= 0.3 is 5.63 Å². The molecule has 0 radical (unpaired) electrons. The van der Waals surface area contributed by atoms with Crippen LogP contribution in [0.15, 0.2) is 51.7 Å². The monoisotopic (exact) mass is 501 g/mol. The van der Waals surface area contributed by atoms with Crippen LogP contribution in [0.5, 0.6) is 5.75 Å². The number of benzene rings is 2. The van der Waals surface area contributed by atoms with Crippen LogP contribution in [-0.4, -0.2) is 34.2 Å². The molecule has 1 saturated heterocycles. The fourth-order valence-corrected chi connectivity index (χ4v) is 7.06. The third kappa shape index (κ3) is 4.15. The van der Waals surface area contributed by atoms with E-state index in [1.165, 1.54) is 0 Å². The molecule has 3 aromatic rings. The summed E-state index contributed by atoms with van der Waals surface area (Å²) in [5, 5.41) is 12.4. The lowest BCUT2D eigenvalue weighted by Crippen LogP contribution is -2.58. The Kier molecular flexibility index (Phi) is 6.10. The minimum absolute atomic E-state index is 0.00546. The number of nitrogens with zero attached hydrogens (tertiary/aromatic N) is 1. The highest BCUT2D eigenvalue weighted by molar-refractivity contribution is 5.90. The normalized spacial score (nSPS) is 26.0. The van der Waals surface area contributed by atoms with Crippen molar-refractivity contribution in [3.8, 4) is 5.75 Å². The summed E-state index contributed by atoms with van der Waals surface area (Å²) in [6.45, 7) is 4.24. The molecule has 0 spiro atoms. The summed E-state index contributed by atoms with van der Waals surface area (Å²) in [5.74, 6) is 0.524. The molecule has 6 nitrogen and oxygen atoms in total. The van der Waals surface area contributed by atoms with E-state index < -0.39 is 11.7 Å². The summed E-state index contributed by atoms with van der Waals surface area (Å²) in [4.78, 5) is 28.5. The molecule has 194 valence electrons. The minimum Gasteiger partial charge on any atom is -0.480 e. The SMILES string of the molecule is Cc1cc(O[C@H](C)C(=O)N2CC[C@@]3(O)CCCC[C@H]3[C@@H]2c2ccccc2)c2c3c(c(=O)oc2c1)CCC3. The molecule has 37 heavy (non-hydrogen) atoms. The first-order valence-electron chi connectivity index (χ1n) is 13.7. The van der Waals surface area contributed by atoms with Gasteiger partial charge in [-0.15, -0.1) is 0 Å². The van der Waals surface area contributed by atoms with E-state index in [1.807, 2.05) is 42.2 Å². The van der Waals surface area contributed by atoms with Crippen molar-refractivity contribution in [1.82, 2.24) is 4.90 Å². The average Bonchev–Trinajstić information content (AvgIpc) is 3.38. The molecule has 2 aliphatic carbocycles. The zero-order valence-electron chi connectivity index (χ0n) is 21.7. The largest absolute Gasteiger partial charge is 0.480 e. The molecule has 1 N–H and O–H groups in total. The number of aliphatic hydroxyl groups is 1. The van der Waals surface area contributed by atoms with Gasteiger partial charge in [-0.05, 0) is 81.2 Å². The Morgan fingerprint density at radius 1 is 1.11 bits per heavy atom. The van der Waals surface area contributed by atoms with Crippen molar-refractivity contribution in [3.05, 3.63) is 75.1 Å². The average molecular weight is 502 g/mol. The molecular weight excluding hydrogens is 466 g/mol. The van der Waals surface area contributed by atoms with E-state index in [2.05, 4.69) is 12.1 Å². The molecule has 0 bridgehead atoms. The number of aryl methyl sites for hydroxylation is 2. The van der Waals surface area contributed by atoms with Crippen molar-refractivity contribution in [1.29, 1.82) is 0 Å². The summed E-state index contributed by atoms with van der Waals surface area (Å²) in [6.07, 6.45) is 6.09. The molecule has 1 saturated carbocycles. The lowest BCUT2D eigenvalue weighted by molar-refractivity contribution is -0.161. The number of likely N-dealkylation sites (tertiary alicyclic amines) is 1. The maximum Gasteiger partial charge on any atom is 0.339 e. The van der Waals surface area contributed by atoms with Crippen molar-refractivity contribution < 1.29 is 19.1 Å². The molecule has 6 heteroatoms. The van der Waals surface area contributed by atoms with Crippen LogP contribution < -0.4 is 10.4 Å². The van der Waals surface area contributed by atoms with Gasteiger partial charge in [0.2, 0.25) is 0 Å². The number of piperidine rings is 1. The second-order valence-corrected chi connectivity index (χ2v) is 11.2. The van der Waals surface area contributed by atoms with E-state index in [0.717, 1.165) is 66.2 Å². The van der Waals surface area contributed by atoms with E-state index in [-0.39, 0.29) is 23.5 Å². The van der Waals surface area contributed by atoms with Crippen LogP contribution in [0.2, 0.25) is 0 Å². The molecular formula is C31H35NO5. The van der Waals surface area contributed by atoms with Crippen molar-refractivity contribution in [2.24, 2.45) is 5.92 Å². The molecule has 3 aliphatic rings. The van der Waals surface area contributed by atoms with Crippen LogP contribution >= 0.6 is 0 Å². The Balaban J connectivity index is 1.35. The van der Waals surface area contributed by atoms with Crippen molar-refractivity contribution in [2.75, 3.05) is 6.54 Å². The van der Waals surface area contributed by atoms with E-state index >= 15 is 0 Å². The molecule has 1 aromatic heterocycles. The molecule has 2 fully saturated rings. The summed E-state index contributed by atoms with van der Waals surface area (Å²) < 4.78 is 12.1. The lowest BCUT2D eigenvalue weighted by Gasteiger charge is -2.53. The quantitative estimate of drug-likeness (QED) is 0.494. The first-order valence-corrected chi connectivity index (χ1v) is 13.7. The zero-order valence-corrected chi connectivity index (χ0v) is 21.7. The summed E-state index contributed by atoms with van der Waals surface area (Å²) >= 11 is 0. The molecule has 2 aromatic carbocycles. The van der Waals surface area contributed by atoms with E-state index in [9.17, 15) is 14.7 Å². The van der Waals surface area contributed by atoms with Gasteiger partial charge in [0.25, 0.3) is 5.91 Å². The van der Waals surface area contributed by atoms with E-state index in [1.54, 1.807) is 6.92 Å². The second kappa shape index (κ2) is 9.32. The highest BCUT2D eigenvalue weighted by atomic mass is 16.5. The Morgan fingerprint density at radius 2 is 1.89 bits per heavy atom. The van der Waals surface area contributed by atoms with E-state index in [0.29, 0.717) is 30.7 Å². The predicted molar refractivity (Wildman–Crippen MR) is 142 cm³/mol. The van der Waals surface area contributed by atoms with Crippen LogP contribution in [0.3, 0.4) is 0 Å². The van der Waals surface area contributed by atoms with Crippen LogP contribution in [-0.2, 0) is 17.6 Å². The number of ether oxygens (including phenoxy) is 1. The van der Waals surface area contributed by atoms with Gasteiger partial charge in [-0.3, -0.25) is 4.79 Å². The van der Waals surface area contributed by atoms with Gasteiger partial charge in [0, 0.05) is 18.0 Å². The highest BCUT2D eigenvalue weighted by Gasteiger charge is 2.50. The number of rotatable bonds is 4.